The monoisotopic (exact) mass is 262 g/mol. The molecule has 1 heterocycles. The Hall–Kier alpha value is -1.81. The number of Topliss-reactive ketones (excluding diaryl/α,β-unsaturated/α-hetero) is 1. The fourth-order valence-electron chi connectivity index (χ4n) is 1.70. The van der Waals surface area contributed by atoms with Gasteiger partial charge >= 0.3 is 0 Å². The summed E-state index contributed by atoms with van der Waals surface area (Å²) in [6, 6.07) is 7.19. The zero-order chi connectivity index (χ0) is 13.0. The number of carbonyl (C=O) groups is 1. The Kier molecular flexibility index (Phi) is 3.99. The van der Waals surface area contributed by atoms with Gasteiger partial charge in [0.1, 0.15) is 11.5 Å². The first-order valence-electron chi connectivity index (χ1n) is 5.51. The summed E-state index contributed by atoms with van der Waals surface area (Å²) >= 11 is 1.59. The van der Waals surface area contributed by atoms with Gasteiger partial charge in [-0.25, -0.2) is 0 Å². The largest absolute Gasteiger partial charge is 0.497 e. The Bertz CT molecular complexity index is 532. The summed E-state index contributed by atoms with van der Waals surface area (Å²) in [5, 5.41) is 3.95. The number of benzene rings is 1. The standard InChI is InChI=1S/C14H14O3S/c1-16-11-3-4-12(14(8-11)17-2)13(15)7-10-5-6-18-9-10/h3-6,8-9H,7H2,1-2H3. The number of rotatable bonds is 5. The summed E-state index contributed by atoms with van der Waals surface area (Å²) in [4.78, 5) is 12.2. The maximum atomic E-state index is 12.2. The van der Waals surface area contributed by atoms with Crippen LogP contribution in [0.4, 0.5) is 0 Å². The first-order chi connectivity index (χ1) is 8.74. The normalized spacial score (nSPS) is 10.1. The van der Waals surface area contributed by atoms with Crippen LogP contribution in [0.5, 0.6) is 11.5 Å². The molecule has 3 nitrogen and oxygen atoms in total. The van der Waals surface area contributed by atoms with Crippen molar-refractivity contribution in [2.45, 2.75) is 6.42 Å². The lowest BCUT2D eigenvalue weighted by molar-refractivity contribution is 0.0990. The molecule has 0 N–H and O–H groups in total. The third-order valence-corrected chi connectivity index (χ3v) is 3.39. The number of ketones is 1. The smallest absolute Gasteiger partial charge is 0.170 e. The van der Waals surface area contributed by atoms with E-state index in [9.17, 15) is 4.79 Å². The molecule has 0 spiro atoms. The minimum atomic E-state index is 0.0490. The summed E-state index contributed by atoms with van der Waals surface area (Å²) in [6.07, 6.45) is 0.395. The fourth-order valence-corrected chi connectivity index (χ4v) is 2.37. The molecule has 0 saturated heterocycles. The molecule has 0 amide bonds. The molecule has 0 aliphatic rings. The lowest BCUT2D eigenvalue weighted by atomic mass is 10.0. The van der Waals surface area contributed by atoms with Crippen molar-refractivity contribution in [3.05, 3.63) is 46.2 Å². The van der Waals surface area contributed by atoms with Crippen LogP contribution in [0.25, 0.3) is 0 Å². The van der Waals surface area contributed by atoms with Gasteiger partial charge in [0.05, 0.1) is 19.8 Å². The van der Waals surface area contributed by atoms with Gasteiger partial charge in [0.25, 0.3) is 0 Å². The quantitative estimate of drug-likeness (QED) is 0.776. The lowest BCUT2D eigenvalue weighted by Gasteiger charge is -2.09. The number of hydrogen-bond donors (Lipinski definition) is 0. The van der Waals surface area contributed by atoms with Gasteiger partial charge in [0.2, 0.25) is 0 Å². The van der Waals surface area contributed by atoms with Gasteiger partial charge in [-0.05, 0) is 34.5 Å². The molecule has 0 atom stereocenters. The molecule has 0 unspecified atom stereocenters. The van der Waals surface area contributed by atoms with Crippen LogP contribution in [0, 0.1) is 0 Å². The first-order valence-corrected chi connectivity index (χ1v) is 6.45. The van der Waals surface area contributed by atoms with E-state index in [0.717, 1.165) is 5.56 Å². The maximum absolute atomic E-state index is 12.2. The SMILES string of the molecule is COc1ccc(C(=O)Cc2ccsc2)c(OC)c1. The third-order valence-electron chi connectivity index (χ3n) is 2.65. The van der Waals surface area contributed by atoms with Crippen molar-refractivity contribution in [3.63, 3.8) is 0 Å². The molecule has 2 rings (SSSR count). The van der Waals surface area contributed by atoms with Gasteiger partial charge in [-0.1, -0.05) is 0 Å². The van der Waals surface area contributed by atoms with Crippen LogP contribution in [0.15, 0.2) is 35.0 Å². The summed E-state index contributed by atoms with van der Waals surface area (Å²) in [5.41, 5.74) is 1.62. The molecule has 0 saturated carbocycles. The number of carbonyl (C=O) groups excluding carboxylic acids is 1. The van der Waals surface area contributed by atoms with Crippen LogP contribution < -0.4 is 9.47 Å². The molecule has 18 heavy (non-hydrogen) atoms. The van der Waals surface area contributed by atoms with Crippen LogP contribution in [-0.4, -0.2) is 20.0 Å². The Balaban J connectivity index is 2.24. The van der Waals surface area contributed by atoms with Crippen molar-refractivity contribution in [2.24, 2.45) is 0 Å². The molecular weight excluding hydrogens is 248 g/mol. The van der Waals surface area contributed by atoms with Gasteiger partial charge in [-0.2, -0.15) is 11.3 Å². The highest BCUT2D eigenvalue weighted by atomic mass is 32.1. The van der Waals surface area contributed by atoms with Crippen LogP contribution in [0.2, 0.25) is 0 Å². The third kappa shape index (κ3) is 2.71. The second kappa shape index (κ2) is 5.69. The van der Waals surface area contributed by atoms with Gasteiger partial charge in [0, 0.05) is 12.5 Å². The topological polar surface area (TPSA) is 35.5 Å². The van der Waals surface area contributed by atoms with E-state index in [2.05, 4.69) is 0 Å². The number of hydrogen-bond acceptors (Lipinski definition) is 4. The zero-order valence-corrected chi connectivity index (χ0v) is 11.1. The maximum Gasteiger partial charge on any atom is 0.170 e. The number of thiophene rings is 1. The summed E-state index contributed by atoms with van der Waals surface area (Å²) in [5.74, 6) is 1.28. The summed E-state index contributed by atoms with van der Waals surface area (Å²) in [6.45, 7) is 0. The van der Waals surface area contributed by atoms with Gasteiger partial charge in [0.15, 0.2) is 5.78 Å². The molecule has 1 aromatic heterocycles. The number of methoxy groups -OCH3 is 2. The lowest BCUT2D eigenvalue weighted by Crippen LogP contribution is -2.05. The van der Waals surface area contributed by atoms with E-state index >= 15 is 0 Å². The average molecular weight is 262 g/mol. The van der Waals surface area contributed by atoms with Crippen LogP contribution in [-0.2, 0) is 6.42 Å². The minimum Gasteiger partial charge on any atom is -0.497 e. The minimum absolute atomic E-state index is 0.0490. The average Bonchev–Trinajstić information content (AvgIpc) is 2.90. The molecule has 1 aromatic carbocycles. The molecule has 2 aromatic rings. The van der Waals surface area contributed by atoms with Crippen LogP contribution in [0.1, 0.15) is 15.9 Å². The molecule has 0 bridgehead atoms. The first kappa shape index (κ1) is 12.6. The van der Waals surface area contributed by atoms with E-state index in [-0.39, 0.29) is 5.78 Å². The summed E-state index contributed by atoms with van der Waals surface area (Å²) < 4.78 is 10.3. The Morgan fingerprint density at radius 1 is 1.22 bits per heavy atom. The second-order valence-electron chi connectivity index (χ2n) is 3.80. The van der Waals surface area contributed by atoms with Crippen molar-refractivity contribution in [1.29, 1.82) is 0 Å². The Morgan fingerprint density at radius 3 is 2.67 bits per heavy atom. The predicted octanol–water partition coefficient (Wildman–Crippen LogP) is 3.19. The molecular formula is C14H14O3S. The van der Waals surface area contributed by atoms with Crippen LogP contribution in [0.3, 0.4) is 0 Å². The van der Waals surface area contributed by atoms with E-state index in [4.69, 9.17) is 9.47 Å². The van der Waals surface area contributed by atoms with E-state index in [0.29, 0.717) is 23.5 Å². The van der Waals surface area contributed by atoms with Gasteiger partial charge < -0.3 is 9.47 Å². The molecule has 0 aliphatic carbocycles. The van der Waals surface area contributed by atoms with Crippen molar-refractivity contribution in [2.75, 3.05) is 14.2 Å². The fraction of sp³-hybridized carbons (Fsp3) is 0.214. The van der Waals surface area contributed by atoms with Crippen molar-refractivity contribution >= 4 is 17.1 Å². The molecule has 0 fully saturated rings. The molecule has 0 aliphatic heterocycles. The van der Waals surface area contributed by atoms with Gasteiger partial charge in [-0.15, -0.1) is 0 Å². The summed E-state index contributed by atoms with van der Waals surface area (Å²) in [7, 11) is 3.14. The van der Waals surface area contributed by atoms with E-state index in [1.54, 1.807) is 43.8 Å². The van der Waals surface area contributed by atoms with Gasteiger partial charge in [-0.3, -0.25) is 4.79 Å². The highest BCUT2D eigenvalue weighted by Crippen LogP contribution is 2.26. The molecule has 94 valence electrons. The molecule has 4 heteroatoms. The van der Waals surface area contributed by atoms with Crippen molar-refractivity contribution < 1.29 is 14.3 Å². The van der Waals surface area contributed by atoms with E-state index in [1.165, 1.54) is 0 Å². The van der Waals surface area contributed by atoms with Crippen LogP contribution >= 0.6 is 11.3 Å². The Morgan fingerprint density at radius 2 is 2.06 bits per heavy atom. The molecule has 0 radical (unpaired) electrons. The predicted molar refractivity (Wildman–Crippen MR) is 71.9 cm³/mol. The highest BCUT2D eigenvalue weighted by Gasteiger charge is 2.13. The zero-order valence-electron chi connectivity index (χ0n) is 10.3. The second-order valence-corrected chi connectivity index (χ2v) is 4.58. The van der Waals surface area contributed by atoms with E-state index in [1.807, 2.05) is 16.8 Å². The Labute approximate surface area is 110 Å². The number of ether oxygens (including phenoxy) is 2. The van der Waals surface area contributed by atoms with E-state index < -0.39 is 0 Å². The van der Waals surface area contributed by atoms with Crippen molar-refractivity contribution in [1.82, 2.24) is 0 Å². The van der Waals surface area contributed by atoms with Crippen molar-refractivity contribution in [3.8, 4) is 11.5 Å². The highest BCUT2D eigenvalue weighted by molar-refractivity contribution is 7.08.